The first kappa shape index (κ1) is 19.0. The van der Waals surface area contributed by atoms with Crippen LogP contribution in [0.15, 0.2) is 42.5 Å². The fraction of sp³-hybridized carbons (Fsp3) is 0.417. The molecule has 6 nitrogen and oxygen atoms in total. The Hall–Kier alpha value is -3.02. The Morgan fingerprint density at radius 2 is 2.03 bits per heavy atom. The molecule has 1 amide bonds. The van der Waals surface area contributed by atoms with Gasteiger partial charge < -0.3 is 19.5 Å². The van der Waals surface area contributed by atoms with Gasteiger partial charge in [0.25, 0.3) is 0 Å². The minimum Gasteiger partial charge on any atom is -0.497 e. The van der Waals surface area contributed by atoms with Crippen molar-refractivity contribution in [1.82, 2.24) is 5.32 Å². The van der Waals surface area contributed by atoms with E-state index in [1.54, 1.807) is 20.3 Å². The van der Waals surface area contributed by atoms with Gasteiger partial charge in [0, 0.05) is 30.0 Å². The molecule has 2 aromatic rings. The normalized spacial score (nSPS) is 28.3. The number of carbonyl (C=O) groups excluding carboxylic acids is 2. The summed E-state index contributed by atoms with van der Waals surface area (Å²) < 4.78 is 17.0. The standard InChI is InChI=1S/C24H25NO5/c1-28-15-8-7-14(20(11-15)29-2)13-25-23(27)21-17-9-10-24(22(17)21)12-18(26)16-5-3-4-6-19(16)30-24/h3-8,11,17,21-22H,9-10,12-13H2,1-2H3,(H,25,27)/t17-,21+,22-,24-/m0/s1. The molecule has 2 fully saturated rings. The molecule has 4 atom stereocenters. The zero-order chi connectivity index (χ0) is 20.9. The van der Waals surface area contributed by atoms with E-state index >= 15 is 0 Å². The summed E-state index contributed by atoms with van der Waals surface area (Å²) in [5.41, 5.74) is 1.01. The third-order valence-electron chi connectivity index (χ3n) is 6.89. The van der Waals surface area contributed by atoms with Crippen molar-refractivity contribution in [3.05, 3.63) is 53.6 Å². The van der Waals surface area contributed by atoms with Gasteiger partial charge in [-0.25, -0.2) is 0 Å². The van der Waals surface area contributed by atoms with Gasteiger partial charge in [-0.1, -0.05) is 12.1 Å². The van der Waals surface area contributed by atoms with Crippen LogP contribution in [0, 0.1) is 17.8 Å². The van der Waals surface area contributed by atoms with Crippen molar-refractivity contribution >= 4 is 11.7 Å². The van der Waals surface area contributed by atoms with E-state index in [0.29, 0.717) is 41.7 Å². The van der Waals surface area contributed by atoms with E-state index in [-0.39, 0.29) is 23.5 Å². The summed E-state index contributed by atoms with van der Waals surface area (Å²) in [5, 5.41) is 3.05. The molecular weight excluding hydrogens is 382 g/mol. The van der Waals surface area contributed by atoms with Crippen molar-refractivity contribution in [1.29, 1.82) is 0 Å². The van der Waals surface area contributed by atoms with Gasteiger partial charge in [-0.15, -0.1) is 0 Å². The number of para-hydroxylation sites is 1. The second-order valence-electron chi connectivity index (χ2n) is 8.41. The number of Topliss-reactive ketones (excluding diaryl/α,β-unsaturated/α-hetero) is 1. The Kier molecular flexibility index (Phi) is 4.45. The van der Waals surface area contributed by atoms with Crippen molar-refractivity contribution in [3.8, 4) is 17.2 Å². The molecule has 0 saturated heterocycles. The number of hydrogen-bond acceptors (Lipinski definition) is 5. The number of rotatable bonds is 5. The molecule has 0 radical (unpaired) electrons. The first-order valence-electron chi connectivity index (χ1n) is 10.4. The van der Waals surface area contributed by atoms with E-state index in [9.17, 15) is 9.59 Å². The zero-order valence-electron chi connectivity index (χ0n) is 17.1. The van der Waals surface area contributed by atoms with Crippen LogP contribution >= 0.6 is 0 Å². The van der Waals surface area contributed by atoms with Crippen molar-refractivity contribution < 1.29 is 23.8 Å². The van der Waals surface area contributed by atoms with Gasteiger partial charge in [-0.3, -0.25) is 9.59 Å². The van der Waals surface area contributed by atoms with Crippen LogP contribution in [-0.4, -0.2) is 31.5 Å². The summed E-state index contributed by atoms with van der Waals surface area (Å²) >= 11 is 0. The number of carbonyl (C=O) groups is 2. The second kappa shape index (κ2) is 7.04. The van der Waals surface area contributed by atoms with Crippen molar-refractivity contribution in [3.63, 3.8) is 0 Å². The topological polar surface area (TPSA) is 73.9 Å². The molecule has 156 valence electrons. The van der Waals surface area contributed by atoms with Gasteiger partial charge in [0.2, 0.25) is 5.91 Å². The summed E-state index contributed by atoms with van der Waals surface area (Å²) in [7, 11) is 3.21. The molecule has 3 aliphatic rings. The summed E-state index contributed by atoms with van der Waals surface area (Å²) in [5.74, 6) is 2.49. The van der Waals surface area contributed by atoms with Gasteiger partial charge in [-0.2, -0.15) is 0 Å². The molecule has 0 aromatic heterocycles. The fourth-order valence-electron chi connectivity index (χ4n) is 5.42. The molecule has 6 heteroatoms. The number of fused-ring (bicyclic) bond motifs is 3. The summed E-state index contributed by atoms with van der Waals surface area (Å²) in [6.45, 7) is 0.386. The van der Waals surface area contributed by atoms with E-state index in [1.807, 2.05) is 36.4 Å². The maximum atomic E-state index is 13.0. The molecule has 2 aromatic carbocycles. The molecule has 5 rings (SSSR count). The second-order valence-corrected chi connectivity index (χ2v) is 8.41. The van der Waals surface area contributed by atoms with E-state index in [1.165, 1.54) is 0 Å². The minimum atomic E-state index is -0.532. The molecule has 0 unspecified atom stereocenters. The van der Waals surface area contributed by atoms with E-state index in [0.717, 1.165) is 18.4 Å². The molecule has 30 heavy (non-hydrogen) atoms. The summed E-state index contributed by atoms with van der Waals surface area (Å²) in [6.07, 6.45) is 2.11. The van der Waals surface area contributed by atoms with Crippen LogP contribution in [-0.2, 0) is 11.3 Å². The Bertz CT molecular complexity index is 1020. The smallest absolute Gasteiger partial charge is 0.224 e. The highest BCUT2D eigenvalue weighted by molar-refractivity contribution is 6.00. The van der Waals surface area contributed by atoms with E-state index < -0.39 is 5.60 Å². The Morgan fingerprint density at radius 1 is 1.20 bits per heavy atom. The van der Waals surface area contributed by atoms with E-state index in [2.05, 4.69) is 5.32 Å². The monoisotopic (exact) mass is 407 g/mol. The third-order valence-corrected chi connectivity index (χ3v) is 6.89. The first-order valence-corrected chi connectivity index (χ1v) is 10.4. The molecular formula is C24H25NO5. The maximum Gasteiger partial charge on any atom is 0.224 e. The SMILES string of the molecule is COc1ccc(CNC(=O)[C@@H]2[C@@H]3CC[C@]4(CC(=O)c5ccccc5O4)[C@@H]32)c(OC)c1. The van der Waals surface area contributed by atoms with Gasteiger partial charge in [0.05, 0.1) is 26.2 Å². The number of ketones is 1. The van der Waals surface area contributed by atoms with Crippen LogP contribution < -0.4 is 19.5 Å². The molecule has 1 N–H and O–H groups in total. The van der Waals surface area contributed by atoms with Gasteiger partial charge >= 0.3 is 0 Å². The lowest BCUT2D eigenvalue weighted by Crippen LogP contribution is -2.44. The highest BCUT2D eigenvalue weighted by atomic mass is 16.5. The van der Waals surface area contributed by atoms with Crippen LogP contribution in [0.4, 0.5) is 0 Å². The first-order chi connectivity index (χ1) is 14.6. The van der Waals surface area contributed by atoms with Gasteiger partial charge in [0.15, 0.2) is 5.78 Å². The van der Waals surface area contributed by atoms with Crippen LogP contribution in [0.5, 0.6) is 17.2 Å². The lowest BCUT2D eigenvalue weighted by Gasteiger charge is -2.37. The average molecular weight is 407 g/mol. The van der Waals surface area contributed by atoms with Crippen LogP contribution in [0.3, 0.4) is 0 Å². The average Bonchev–Trinajstić information content (AvgIpc) is 3.42. The quantitative estimate of drug-likeness (QED) is 0.823. The lowest BCUT2D eigenvalue weighted by molar-refractivity contribution is -0.124. The van der Waals surface area contributed by atoms with Crippen molar-refractivity contribution in [2.45, 2.75) is 31.4 Å². The predicted octanol–water partition coefficient (Wildman–Crippen LogP) is 3.38. The molecule has 2 saturated carbocycles. The van der Waals surface area contributed by atoms with Crippen LogP contribution in [0.25, 0.3) is 0 Å². The highest BCUT2D eigenvalue weighted by Crippen LogP contribution is 2.65. The number of amides is 1. The summed E-state index contributed by atoms with van der Waals surface area (Å²) in [4.78, 5) is 25.7. The van der Waals surface area contributed by atoms with Gasteiger partial charge in [0.1, 0.15) is 22.8 Å². The number of ether oxygens (including phenoxy) is 3. The fourth-order valence-corrected chi connectivity index (χ4v) is 5.42. The minimum absolute atomic E-state index is 0.0249. The third kappa shape index (κ3) is 2.93. The number of benzene rings is 2. The Morgan fingerprint density at radius 3 is 2.83 bits per heavy atom. The summed E-state index contributed by atoms with van der Waals surface area (Å²) in [6, 6.07) is 13.0. The largest absolute Gasteiger partial charge is 0.497 e. The highest BCUT2D eigenvalue weighted by Gasteiger charge is 2.70. The lowest BCUT2D eigenvalue weighted by atomic mass is 9.84. The van der Waals surface area contributed by atoms with Crippen molar-refractivity contribution in [2.24, 2.45) is 17.8 Å². The number of nitrogens with one attached hydrogen (secondary N) is 1. The number of methoxy groups -OCH3 is 2. The molecule has 1 spiro atoms. The molecule has 1 heterocycles. The van der Waals surface area contributed by atoms with Gasteiger partial charge in [-0.05, 0) is 43.0 Å². The number of hydrogen-bond donors (Lipinski definition) is 1. The van der Waals surface area contributed by atoms with Crippen molar-refractivity contribution in [2.75, 3.05) is 14.2 Å². The van der Waals surface area contributed by atoms with E-state index in [4.69, 9.17) is 14.2 Å². The van der Waals surface area contributed by atoms with Crippen LogP contribution in [0.1, 0.15) is 35.2 Å². The molecule has 1 aliphatic heterocycles. The maximum absolute atomic E-state index is 13.0. The zero-order valence-corrected chi connectivity index (χ0v) is 17.1. The predicted molar refractivity (Wildman–Crippen MR) is 110 cm³/mol. The molecule has 2 aliphatic carbocycles. The Labute approximate surface area is 175 Å². The van der Waals surface area contributed by atoms with Crippen LogP contribution in [0.2, 0.25) is 0 Å². The molecule has 0 bridgehead atoms. The Balaban J connectivity index is 1.28.